The molecule has 0 aliphatic carbocycles. The van der Waals surface area contributed by atoms with Crippen LogP contribution in [0.2, 0.25) is 0 Å². The fraction of sp³-hybridized carbons (Fsp3) is 0.812. The molecule has 0 aliphatic rings. The highest BCUT2D eigenvalue weighted by Crippen LogP contribution is 2.19. The van der Waals surface area contributed by atoms with E-state index in [1.807, 2.05) is 0 Å². The molecule has 23 heavy (non-hydrogen) atoms. The Morgan fingerprint density at radius 3 is 2.22 bits per heavy atom. The first kappa shape index (κ1) is 21.8. The Balaban J connectivity index is 3.44. The van der Waals surface area contributed by atoms with Gasteiger partial charge in [0.1, 0.15) is 0 Å². The molecule has 0 aromatic heterocycles. The molecule has 0 aromatic rings. The van der Waals surface area contributed by atoms with Crippen LogP contribution in [0.4, 0.5) is 0 Å². The van der Waals surface area contributed by atoms with Gasteiger partial charge in [0, 0.05) is 25.9 Å². The lowest BCUT2D eigenvalue weighted by molar-refractivity contribution is -0.121. The average Bonchev–Trinajstić information content (AvgIpc) is 2.42. The number of hydrogen-bond acceptors (Lipinski definition) is 4. The molecule has 0 rings (SSSR count). The lowest BCUT2D eigenvalue weighted by atomic mass is 9.91. The Labute approximate surface area is 143 Å². The number of thioether (sulfide) groups is 1. The van der Waals surface area contributed by atoms with E-state index in [1.165, 1.54) is 11.8 Å². The van der Waals surface area contributed by atoms with Crippen LogP contribution in [-0.2, 0) is 14.4 Å². The number of rotatable bonds is 12. The minimum absolute atomic E-state index is 0.0745. The van der Waals surface area contributed by atoms with Crippen molar-refractivity contribution in [2.45, 2.75) is 52.9 Å². The van der Waals surface area contributed by atoms with Gasteiger partial charge in [-0.25, -0.2) is 0 Å². The molecule has 134 valence electrons. The van der Waals surface area contributed by atoms with Gasteiger partial charge in [-0.05, 0) is 30.4 Å². The van der Waals surface area contributed by atoms with Crippen LogP contribution in [0.25, 0.3) is 0 Å². The molecule has 0 heterocycles. The number of nitrogens with one attached hydrogen (secondary N) is 2. The SMILES string of the molecule is CC(C)(C)CCCNC(=O)CCCSCC(=O)NCCC(N)=O. The van der Waals surface area contributed by atoms with E-state index in [1.54, 1.807) is 0 Å². The van der Waals surface area contributed by atoms with Crippen molar-refractivity contribution < 1.29 is 14.4 Å². The molecule has 0 saturated carbocycles. The summed E-state index contributed by atoms with van der Waals surface area (Å²) < 4.78 is 0. The smallest absolute Gasteiger partial charge is 0.230 e. The van der Waals surface area contributed by atoms with E-state index in [-0.39, 0.29) is 24.8 Å². The summed E-state index contributed by atoms with van der Waals surface area (Å²) in [5.41, 5.74) is 5.28. The second kappa shape index (κ2) is 12.2. The number of primary amides is 1. The summed E-state index contributed by atoms with van der Waals surface area (Å²) in [5, 5.41) is 5.54. The Hall–Kier alpha value is -1.24. The summed E-state index contributed by atoms with van der Waals surface area (Å²) in [6.45, 7) is 7.58. The fourth-order valence-electron chi connectivity index (χ4n) is 1.81. The number of carbonyl (C=O) groups is 3. The summed E-state index contributed by atoms with van der Waals surface area (Å²) in [5.74, 6) is 0.643. The largest absolute Gasteiger partial charge is 0.370 e. The molecule has 0 saturated heterocycles. The highest BCUT2D eigenvalue weighted by atomic mass is 32.2. The predicted molar refractivity (Wildman–Crippen MR) is 95.1 cm³/mol. The average molecular weight is 346 g/mol. The maximum atomic E-state index is 11.6. The van der Waals surface area contributed by atoms with Gasteiger partial charge in [-0.1, -0.05) is 20.8 Å². The molecular formula is C16H31N3O3S. The molecule has 0 unspecified atom stereocenters. The van der Waals surface area contributed by atoms with Crippen molar-refractivity contribution in [1.29, 1.82) is 0 Å². The molecule has 3 amide bonds. The monoisotopic (exact) mass is 345 g/mol. The van der Waals surface area contributed by atoms with Crippen molar-refractivity contribution in [2.75, 3.05) is 24.6 Å². The van der Waals surface area contributed by atoms with Gasteiger partial charge in [-0.2, -0.15) is 11.8 Å². The normalized spacial score (nSPS) is 11.1. The zero-order chi connectivity index (χ0) is 17.7. The molecule has 0 atom stereocenters. The Morgan fingerprint density at radius 1 is 0.957 bits per heavy atom. The number of amides is 3. The van der Waals surface area contributed by atoms with Crippen LogP contribution in [0, 0.1) is 5.41 Å². The summed E-state index contributed by atoms with van der Waals surface area (Å²) in [6.07, 6.45) is 3.49. The number of nitrogens with two attached hydrogens (primary N) is 1. The van der Waals surface area contributed by atoms with Gasteiger partial charge in [0.25, 0.3) is 0 Å². The number of carbonyl (C=O) groups excluding carboxylic acids is 3. The van der Waals surface area contributed by atoms with Crippen LogP contribution in [0.3, 0.4) is 0 Å². The van der Waals surface area contributed by atoms with E-state index in [4.69, 9.17) is 5.73 Å². The zero-order valence-electron chi connectivity index (χ0n) is 14.6. The van der Waals surface area contributed by atoms with Crippen molar-refractivity contribution in [3.05, 3.63) is 0 Å². The molecule has 0 aliphatic heterocycles. The van der Waals surface area contributed by atoms with Crippen LogP contribution in [0.5, 0.6) is 0 Å². The highest BCUT2D eigenvalue weighted by Gasteiger charge is 2.09. The molecule has 0 aromatic carbocycles. The van der Waals surface area contributed by atoms with E-state index in [0.29, 0.717) is 17.6 Å². The minimum Gasteiger partial charge on any atom is -0.370 e. The molecule has 0 fully saturated rings. The maximum absolute atomic E-state index is 11.6. The summed E-state index contributed by atoms with van der Waals surface area (Å²) >= 11 is 1.49. The maximum Gasteiger partial charge on any atom is 0.230 e. The first-order valence-electron chi connectivity index (χ1n) is 8.10. The Morgan fingerprint density at radius 2 is 1.61 bits per heavy atom. The molecule has 7 heteroatoms. The lowest BCUT2D eigenvalue weighted by Crippen LogP contribution is -2.29. The number of hydrogen-bond donors (Lipinski definition) is 3. The molecular weight excluding hydrogens is 314 g/mol. The van der Waals surface area contributed by atoms with E-state index >= 15 is 0 Å². The zero-order valence-corrected chi connectivity index (χ0v) is 15.4. The van der Waals surface area contributed by atoms with Gasteiger partial charge in [0.05, 0.1) is 5.75 Å². The molecule has 0 bridgehead atoms. The molecule has 0 radical (unpaired) electrons. The van der Waals surface area contributed by atoms with Gasteiger partial charge in [0.2, 0.25) is 17.7 Å². The van der Waals surface area contributed by atoms with Crippen LogP contribution in [0.1, 0.15) is 52.9 Å². The Kier molecular flexibility index (Phi) is 11.6. The summed E-state index contributed by atoms with van der Waals surface area (Å²) in [7, 11) is 0. The predicted octanol–water partition coefficient (Wildman–Crippen LogP) is 1.43. The first-order chi connectivity index (χ1) is 10.7. The van der Waals surface area contributed by atoms with Crippen LogP contribution in [-0.4, -0.2) is 42.3 Å². The van der Waals surface area contributed by atoms with Crippen molar-refractivity contribution in [3.63, 3.8) is 0 Å². The second-order valence-corrected chi connectivity index (χ2v) is 7.84. The van der Waals surface area contributed by atoms with Gasteiger partial charge in [0.15, 0.2) is 0 Å². The molecule has 6 nitrogen and oxygen atoms in total. The van der Waals surface area contributed by atoms with E-state index in [0.717, 1.165) is 31.6 Å². The van der Waals surface area contributed by atoms with Crippen LogP contribution >= 0.6 is 11.8 Å². The van der Waals surface area contributed by atoms with Crippen molar-refractivity contribution >= 4 is 29.5 Å². The molecule has 0 spiro atoms. The third-order valence-corrected chi connectivity index (χ3v) is 4.09. The van der Waals surface area contributed by atoms with Gasteiger partial charge in [-0.3, -0.25) is 14.4 Å². The third kappa shape index (κ3) is 17.0. The van der Waals surface area contributed by atoms with Gasteiger partial charge in [-0.15, -0.1) is 0 Å². The minimum atomic E-state index is -0.425. The van der Waals surface area contributed by atoms with E-state index in [2.05, 4.69) is 31.4 Å². The van der Waals surface area contributed by atoms with Gasteiger partial charge >= 0.3 is 0 Å². The van der Waals surface area contributed by atoms with E-state index in [9.17, 15) is 14.4 Å². The summed E-state index contributed by atoms with van der Waals surface area (Å²) in [6, 6.07) is 0. The van der Waals surface area contributed by atoms with Gasteiger partial charge < -0.3 is 16.4 Å². The highest BCUT2D eigenvalue weighted by molar-refractivity contribution is 7.99. The quantitative estimate of drug-likeness (QED) is 0.466. The first-order valence-corrected chi connectivity index (χ1v) is 9.25. The van der Waals surface area contributed by atoms with Crippen molar-refractivity contribution in [3.8, 4) is 0 Å². The summed E-state index contributed by atoms with van der Waals surface area (Å²) in [4.78, 5) is 33.6. The second-order valence-electron chi connectivity index (χ2n) is 6.74. The molecule has 4 N–H and O–H groups in total. The third-order valence-electron chi connectivity index (χ3n) is 3.04. The topological polar surface area (TPSA) is 101 Å². The van der Waals surface area contributed by atoms with Crippen LogP contribution < -0.4 is 16.4 Å². The van der Waals surface area contributed by atoms with Crippen molar-refractivity contribution in [1.82, 2.24) is 10.6 Å². The fourth-order valence-corrected chi connectivity index (χ4v) is 2.59. The van der Waals surface area contributed by atoms with Crippen molar-refractivity contribution in [2.24, 2.45) is 11.1 Å². The Bertz CT molecular complexity index is 381. The lowest BCUT2D eigenvalue weighted by Gasteiger charge is -2.17. The van der Waals surface area contributed by atoms with E-state index < -0.39 is 5.91 Å². The van der Waals surface area contributed by atoms with Crippen LogP contribution in [0.15, 0.2) is 0 Å². The standard InChI is InChI=1S/C16H31N3O3S/c1-16(2,3)8-5-9-18-14(21)6-4-11-23-12-15(22)19-10-7-13(17)20/h4-12H2,1-3H3,(H2,17,20)(H,18,21)(H,19,22).